The normalized spacial score (nSPS) is 17.4. The van der Waals surface area contributed by atoms with Crippen molar-refractivity contribution >= 4 is 5.91 Å². The van der Waals surface area contributed by atoms with Gasteiger partial charge in [0.25, 0.3) is 5.91 Å². The molecule has 104 valence electrons. The first-order valence-corrected chi connectivity index (χ1v) is 6.77. The molecule has 1 amide bonds. The van der Waals surface area contributed by atoms with Gasteiger partial charge in [-0.05, 0) is 37.9 Å². The molecule has 1 N–H and O–H groups in total. The Bertz CT molecular complexity index is 430. The average molecular weight is 265 g/mol. The molecule has 1 aliphatic heterocycles. The summed E-state index contributed by atoms with van der Waals surface area (Å²) in [4.78, 5) is 17.7. The highest BCUT2D eigenvalue weighted by Gasteiger charge is 2.16. The molecule has 2 heterocycles. The lowest BCUT2D eigenvalue weighted by atomic mass is 9.99. The van der Waals surface area contributed by atoms with E-state index in [0.717, 1.165) is 31.7 Å². The maximum atomic E-state index is 13.3. The van der Waals surface area contributed by atoms with Gasteiger partial charge < -0.3 is 10.2 Å². The predicted molar refractivity (Wildman–Crippen MR) is 71.4 cm³/mol. The van der Waals surface area contributed by atoms with E-state index in [9.17, 15) is 9.18 Å². The Labute approximate surface area is 113 Å². The van der Waals surface area contributed by atoms with Crippen LogP contribution in [0.25, 0.3) is 0 Å². The molecule has 1 fully saturated rings. The van der Waals surface area contributed by atoms with Crippen molar-refractivity contribution < 1.29 is 9.18 Å². The third-order valence-electron chi connectivity index (χ3n) is 3.61. The van der Waals surface area contributed by atoms with Crippen molar-refractivity contribution in [3.63, 3.8) is 0 Å². The third-order valence-corrected chi connectivity index (χ3v) is 3.61. The van der Waals surface area contributed by atoms with Crippen molar-refractivity contribution in [1.82, 2.24) is 15.2 Å². The molecule has 0 unspecified atom stereocenters. The number of nitrogens with one attached hydrogen (secondary N) is 1. The average Bonchev–Trinajstić information content (AvgIpc) is 2.41. The first kappa shape index (κ1) is 13.9. The van der Waals surface area contributed by atoms with Crippen molar-refractivity contribution in [3.05, 3.63) is 29.8 Å². The van der Waals surface area contributed by atoms with Gasteiger partial charge in [-0.3, -0.25) is 9.78 Å². The first-order chi connectivity index (χ1) is 9.16. The van der Waals surface area contributed by atoms with E-state index >= 15 is 0 Å². The number of halogens is 1. The summed E-state index contributed by atoms with van der Waals surface area (Å²) in [7, 11) is 0. The van der Waals surface area contributed by atoms with Gasteiger partial charge in [-0.25, -0.2) is 4.39 Å². The molecule has 0 aliphatic carbocycles. The highest BCUT2D eigenvalue weighted by molar-refractivity contribution is 5.94. The van der Waals surface area contributed by atoms with Crippen molar-refractivity contribution in [2.45, 2.75) is 19.8 Å². The van der Waals surface area contributed by atoms with Crippen molar-refractivity contribution in [2.75, 3.05) is 26.2 Å². The van der Waals surface area contributed by atoms with Crippen LogP contribution in [0.15, 0.2) is 18.5 Å². The summed E-state index contributed by atoms with van der Waals surface area (Å²) in [6.45, 7) is 5.81. The molecule has 0 spiro atoms. The number of aromatic nitrogens is 1. The van der Waals surface area contributed by atoms with Crippen LogP contribution < -0.4 is 5.32 Å². The lowest BCUT2D eigenvalue weighted by Crippen LogP contribution is -2.39. The predicted octanol–water partition coefficient (Wildman–Crippen LogP) is 1.68. The molecule has 0 radical (unpaired) electrons. The number of hydrogen-bond acceptors (Lipinski definition) is 3. The molecule has 0 atom stereocenters. The molecule has 1 aromatic rings. The maximum Gasteiger partial charge on any atom is 0.254 e. The van der Waals surface area contributed by atoms with Crippen molar-refractivity contribution in [3.8, 4) is 0 Å². The quantitative estimate of drug-likeness (QED) is 0.901. The van der Waals surface area contributed by atoms with E-state index in [2.05, 4.69) is 22.1 Å². The molecule has 0 saturated carbocycles. The summed E-state index contributed by atoms with van der Waals surface area (Å²) in [5.74, 6) is -0.145. The number of rotatable bonds is 4. The van der Waals surface area contributed by atoms with Crippen LogP contribution in [0.2, 0.25) is 0 Å². The van der Waals surface area contributed by atoms with Crippen LogP contribution >= 0.6 is 0 Å². The van der Waals surface area contributed by atoms with E-state index in [0.29, 0.717) is 6.54 Å². The molecular formula is C14H20FN3O. The van der Waals surface area contributed by atoms with Gasteiger partial charge in [-0.15, -0.1) is 0 Å². The van der Waals surface area contributed by atoms with Gasteiger partial charge in [0.05, 0.1) is 11.8 Å². The summed E-state index contributed by atoms with van der Waals surface area (Å²) in [6, 6.07) is 1.40. The van der Waals surface area contributed by atoms with E-state index < -0.39 is 5.82 Å². The highest BCUT2D eigenvalue weighted by Crippen LogP contribution is 2.15. The topological polar surface area (TPSA) is 45.2 Å². The van der Waals surface area contributed by atoms with Crippen LogP contribution in [0.5, 0.6) is 0 Å². The van der Waals surface area contributed by atoms with Gasteiger partial charge in [-0.2, -0.15) is 0 Å². The molecule has 1 aromatic heterocycles. The second-order valence-electron chi connectivity index (χ2n) is 5.14. The smallest absolute Gasteiger partial charge is 0.254 e. The van der Waals surface area contributed by atoms with Crippen LogP contribution in [0.3, 0.4) is 0 Å². The molecule has 2 rings (SSSR count). The lowest BCUT2D eigenvalue weighted by molar-refractivity contribution is 0.0940. The Hall–Kier alpha value is -1.49. The second-order valence-corrected chi connectivity index (χ2v) is 5.14. The number of amides is 1. The zero-order chi connectivity index (χ0) is 13.7. The fraction of sp³-hybridized carbons (Fsp3) is 0.571. The zero-order valence-corrected chi connectivity index (χ0v) is 11.2. The van der Waals surface area contributed by atoms with E-state index in [4.69, 9.17) is 0 Å². The number of nitrogens with zero attached hydrogens (tertiary/aromatic N) is 2. The SMILES string of the molecule is CC1CCN(CCNC(=O)c2ccncc2F)CC1. The van der Waals surface area contributed by atoms with Gasteiger partial charge in [0, 0.05) is 19.3 Å². The Morgan fingerprint density at radius 3 is 2.95 bits per heavy atom. The van der Waals surface area contributed by atoms with Gasteiger partial charge in [0.2, 0.25) is 0 Å². The van der Waals surface area contributed by atoms with Crippen molar-refractivity contribution in [2.24, 2.45) is 5.92 Å². The minimum atomic E-state index is -0.577. The molecule has 4 nitrogen and oxygen atoms in total. The minimum absolute atomic E-state index is 0.0577. The Kier molecular flexibility index (Phi) is 4.85. The molecule has 19 heavy (non-hydrogen) atoms. The van der Waals surface area contributed by atoms with E-state index in [1.807, 2.05) is 0 Å². The monoisotopic (exact) mass is 265 g/mol. The minimum Gasteiger partial charge on any atom is -0.351 e. The number of likely N-dealkylation sites (tertiary alicyclic amines) is 1. The molecule has 1 saturated heterocycles. The van der Waals surface area contributed by atoms with Gasteiger partial charge in [0.1, 0.15) is 0 Å². The van der Waals surface area contributed by atoms with Crippen LogP contribution in [-0.4, -0.2) is 42.0 Å². The number of carbonyl (C=O) groups is 1. The summed E-state index contributed by atoms with van der Waals surface area (Å²) in [5.41, 5.74) is 0.0577. The second kappa shape index (κ2) is 6.61. The fourth-order valence-electron chi connectivity index (χ4n) is 2.27. The van der Waals surface area contributed by atoms with E-state index in [1.165, 1.54) is 25.1 Å². The summed E-state index contributed by atoms with van der Waals surface area (Å²) >= 11 is 0. The lowest BCUT2D eigenvalue weighted by Gasteiger charge is -2.30. The molecule has 0 bridgehead atoms. The van der Waals surface area contributed by atoms with Crippen LogP contribution in [0.1, 0.15) is 30.1 Å². The fourth-order valence-corrected chi connectivity index (χ4v) is 2.27. The van der Waals surface area contributed by atoms with Gasteiger partial charge in [0.15, 0.2) is 5.82 Å². The third kappa shape index (κ3) is 3.99. The van der Waals surface area contributed by atoms with E-state index in [1.54, 1.807) is 0 Å². The number of pyridine rings is 1. The zero-order valence-electron chi connectivity index (χ0n) is 11.2. The molecular weight excluding hydrogens is 245 g/mol. The maximum absolute atomic E-state index is 13.3. The molecule has 5 heteroatoms. The van der Waals surface area contributed by atoms with Crippen LogP contribution in [0, 0.1) is 11.7 Å². The largest absolute Gasteiger partial charge is 0.351 e. The first-order valence-electron chi connectivity index (χ1n) is 6.77. The van der Waals surface area contributed by atoms with Gasteiger partial charge >= 0.3 is 0 Å². The van der Waals surface area contributed by atoms with Crippen LogP contribution in [-0.2, 0) is 0 Å². The summed E-state index contributed by atoms with van der Waals surface area (Å²) in [5, 5.41) is 2.75. The Balaban J connectivity index is 1.74. The highest BCUT2D eigenvalue weighted by atomic mass is 19.1. The number of piperidine rings is 1. The Morgan fingerprint density at radius 2 is 2.26 bits per heavy atom. The summed E-state index contributed by atoms with van der Waals surface area (Å²) in [6.07, 6.45) is 4.91. The molecule has 0 aromatic carbocycles. The van der Waals surface area contributed by atoms with E-state index in [-0.39, 0.29) is 11.5 Å². The van der Waals surface area contributed by atoms with Crippen LogP contribution in [0.4, 0.5) is 4.39 Å². The number of carbonyl (C=O) groups excluding carboxylic acids is 1. The number of hydrogen-bond donors (Lipinski definition) is 1. The molecule has 1 aliphatic rings. The Morgan fingerprint density at radius 1 is 1.53 bits per heavy atom. The summed E-state index contributed by atoms with van der Waals surface area (Å²) < 4.78 is 13.3. The van der Waals surface area contributed by atoms with Crippen molar-refractivity contribution in [1.29, 1.82) is 0 Å². The van der Waals surface area contributed by atoms with Gasteiger partial charge in [-0.1, -0.05) is 6.92 Å². The standard InChI is InChI=1S/C14H20FN3O/c1-11-3-7-18(8-4-11)9-6-17-14(19)12-2-5-16-10-13(12)15/h2,5,10-11H,3-4,6-9H2,1H3,(H,17,19).